The van der Waals surface area contributed by atoms with Crippen molar-refractivity contribution in [2.75, 3.05) is 4.72 Å². The van der Waals surface area contributed by atoms with Gasteiger partial charge >= 0.3 is 0 Å². The first-order chi connectivity index (χ1) is 9.29. The number of thiocarbonyl (C=S) groups is 1. The Hall–Kier alpha value is -1.22. The van der Waals surface area contributed by atoms with Crippen LogP contribution in [0, 0.1) is 6.92 Å². The molecule has 0 bridgehead atoms. The van der Waals surface area contributed by atoms with Gasteiger partial charge in [-0.1, -0.05) is 29.9 Å². The monoisotopic (exact) mass is 347 g/mol. The Balaban J connectivity index is 2.37. The average Bonchev–Trinajstić information content (AvgIpc) is 2.73. The minimum atomic E-state index is -3.79. The van der Waals surface area contributed by atoms with Crippen molar-refractivity contribution in [2.24, 2.45) is 5.73 Å². The van der Waals surface area contributed by atoms with Crippen molar-refractivity contribution in [3.8, 4) is 0 Å². The van der Waals surface area contributed by atoms with E-state index in [1.807, 2.05) is 0 Å². The fourth-order valence-corrected chi connectivity index (χ4v) is 4.06. The normalized spacial score (nSPS) is 11.3. The first kappa shape index (κ1) is 15.2. The number of aryl methyl sites for hydroxylation is 1. The zero-order chi connectivity index (χ0) is 14.9. The molecule has 5 nitrogen and oxygen atoms in total. The van der Waals surface area contributed by atoms with Gasteiger partial charge in [0.05, 0.1) is 10.7 Å². The first-order valence-electron chi connectivity index (χ1n) is 5.34. The van der Waals surface area contributed by atoms with Crippen molar-refractivity contribution in [2.45, 2.75) is 11.8 Å². The van der Waals surface area contributed by atoms with E-state index in [1.165, 1.54) is 29.5 Å². The molecule has 0 aliphatic heterocycles. The van der Waals surface area contributed by atoms with Crippen LogP contribution in [0.25, 0.3) is 0 Å². The van der Waals surface area contributed by atoms with Crippen LogP contribution in [0.1, 0.15) is 11.3 Å². The summed E-state index contributed by atoms with van der Waals surface area (Å²) in [5, 5.41) is 2.09. The maximum absolute atomic E-state index is 12.2. The lowest BCUT2D eigenvalue weighted by atomic mass is 10.2. The molecule has 0 radical (unpaired) electrons. The SMILES string of the molecule is Cc1csc(NS(=O)(=O)c2ccc(C(N)=S)cc2Cl)n1. The number of aromatic nitrogens is 1. The van der Waals surface area contributed by atoms with Gasteiger partial charge in [-0.25, -0.2) is 13.4 Å². The molecule has 20 heavy (non-hydrogen) atoms. The van der Waals surface area contributed by atoms with E-state index in [2.05, 4.69) is 9.71 Å². The number of nitrogens with one attached hydrogen (secondary N) is 1. The Bertz CT molecular complexity index is 771. The zero-order valence-electron chi connectivity index (χ0n) is 10.3. The standard InChI is InChI=1S/C11H10ClN3O2S3/c1-6-5-19-11(14-6)15-20(16,17)9-3-2-7(10(13)18)4-8(9)12/h2-5H,1H3,(H2,13,18)(H,14,15). The molecule has 0 unspecified atom stereocenters. The fourth-order valence-electron chi connectivity index (χ4n) is 1.44. The molecule has 0 aliphatic rings. The number of hydrogen-bond donors (Lipinski definition) is 2. The van der Waals surface area contributed by atoms with E-state index in [-0.39, 0.29) is 20.0 Å². The van der Waals surface area contributed by atoms with Gasteiger partial charge in [0.1, 0.15) is 9.88 Å². The highest BCUT2D eigenvalue weighted by Crippen LogP contribution is 2.26. The largest absolute Gasteiger partial charge is 0.389 e. The Kier molecular flexibility index (Phi) is 4.28. The van der Waals surface area contributed by atoms with E-state index >= 15 is 0 Å². The second-order valence-corrected chi connectivity index (χ2v) is 7.26. The molecule has 0 saturated carbocycles. The van der Waals surface area contributed by atoms with Crippen molar-refractivity contribution in [3.05, 3.63) is 39.9 Å². The molecule has 0 aliphatic carbocycles. The quantitative estimate of drug-likeness (QED) is 0.830. The third kappa shape index (κ3) is 3.26. The molecule has 1 aromatic carbocycles. The van der Waals surface area contributed by atoms with Gasteiger partial charge in [-0.2, -0.15) is 0 Å². The van der Waals surface area contributed by atoms with Crippen molar-refractivity contribution < 1.29 is 8.42 Å². The van der Waals surface area contributed by atoms with Crippen molar-refractivity contribution in [3.63, 3.8) is 0 Å². The van der Waals surface area contributed by atoms with Gasteiger partial charge in [-0.15, -0.1) is 11.3 Å². The van der Waals surface area contributed by atoms with Gasteiger partial charge in [0.2, 0.25) is 0 Å². The lowest BCUT2D eigenvalue weighted by Gasteiger charge is -2.08. The second kappa shape index (κ2) is 5.65. The lowest BCUT2D eigenvalue weighted by Crippen LogP contribution is -2.15. The van der Waals surface area contributed by atoms with E-state index < -0.39 is 10.0 Å². The second-order valence-electron chi connectivity index (χ2n) is 3.91. The highest BCUT2D eigenvalue weighted by atomic mass is 35.5. The molecule has 2 aromatic rings. The summed E-state index contributed by atoms with van der Waals surface area (Å²) in [4.78, 5) is 4.14. The van der Waals surface area contributed by atoms with Crippen molar-refractivity contribution in [1.29, 1.82) is 0 Å². The minimum absolute atomic E-state index is 0.0491. The highest BCUT2D eigenvalue weighted by Gasteiger charge is 2.20. The third-order valence-electron chi connectivity index (χ3n) is 2.35. The van der Waals surface area contributed by atoms with Crippen molar-refractivity contribution in [1.82, 2.24) is 4.98 Å². The maximum Gasteiger partial charge on any atom is 0.265 e. The van der Waals surface area contributed by atoms with E-state index in [4.69, 9.17) is 29.6 Å². The van der Waals surface area contributed by atoms with E-state index in [0.29, 0.717) is 5.56 Å². The number of nitrogens with two attached hydrogens (primary N) is 1. The van der Waals surface area contributed by atoms with Crippen LogP contribution < -0.4 is 10.5 Å². The lowest BCUT2D eigenvalue weighted by molar-refractivity contribution is 0.601. The summed E-state index contributed by atoms with van der Waals surface area (Å²) in [5.74, 6) is 0. The number of rotatable bonds is 4. The zero-order valence-corrected chi connectivity index (χ0v) is 13.5. The molecule has 0 spiro atoms. The summed E-state index contributed by atoms with van der Waals surface area (Å²) in [7, 11) is -3.79. The Morgan fingerprint density at radius 1 is 1.50 bits per heavy atom. The third-order valence-corrected chi connectivity index (χ3v) is 5.41. The van der Waals surface area contributed by atoms with Gasteiger partial charge in [0, 0.05) is 10.9 Å². The van der Waals surface area contributed by atoms with Gasteiger partial charge in [0.15, 0.2) is 5.13 Å². The molecule has 0 saturated heterocycles. The molecule has 2 rings (SSSR count). The maximum atomic E-state index is 12.2. The summed E-state index contributed by atoms with van der Waals surface area (Å²) in [5.41, 5.74) is 6.71. The molecular formula is C11H10ClN3O2S3. The average molecular weight is 348 g/mol. The molecule has 0 atom stereocenters. The van der Waals surface area contributed by atoms with Crippen LogP contribution >= 0.6 is 35.2 Å². The number of anilines is 1. The summed E-state index contributed by atoms with van der Waals surface area (Å²) < 4.78 is 26.8. The van der Waals surface area contributed by atoms with Gasteiger partial charge in [0.25, 0.3) is 10.0 Å². The van der Waals surface area contributed by atoms with Gasteiger partial charge in [-0.3, -0.25) is 4.72 Å². The van der Waals surface area contributed by atoms with Crippen LogP contribution in [0.5, 0.6) is 0 Å². The highest BCUT2D eigenvalue weighted by molar-refractivity contribution is 7.93. The van der Waals surface area contributed by atoms with E-state index in [9.17, 15) is 8.42 Å². The molecule has 1 aromatic heterocycles. The number of benzene rings is 1. The number of halogens is 1. The summed E-state index contributed by atoms with van der Waals surface area (Å²) in [6.45, 7) is 1.78. The molecule has 9 heteroatoms. The molecule has 1 heterocycles. The van der Waals surface area contributed by atoms with Crippen LogP contribution in [0.4, 0.5) is 5.13 Å². The topological polar surface area (TPSA) is 85.1 Å². The minimum Gasteiger partial charge on any atom is -0.389 e. The van der Waals surface area contributed by atoms with Crippen molar-refractivity contribution >= 4 is 55.3 Å². The number of nitrogens with zero attached hydrogens (tertiary/aromatic N) is 1. The number of hydrogen-bond acceptors (Lipinski definition) is 5. The van der Waals surface area contributed by atoms with Crippen LogP contribution in [-0.4, -0.2) is 18.4 Å². The molecular weight excluding hydrogens is 338 g/mol. The Morgan fingerprint density at radius 2 is 2.20 bits per heavy atom. The van der Waals surface area contributed by atoms with Gasteiger partial charge < -0.3 is 5.73 Å². The van der Waals surface area contributed by atoms with Crippen LogP contribution in [0.15, 0.2) is 28.5 Å². The number of sulfonamides is 1. The molecule has 106 valence electrons. The van der Waals surface area contributed by atoms with E-state index in [1.54, 1.807) is 12.3 Å². The summed E-state index contributed by atoms with van der Waals surface area (Å²) in [6, 6.07) is 4.29. The molecule has 0 fully saturated rings. The van der Waals surface area contributed by atoms with Crippen LogP contribution in [0.3, 0.4) is 0 Å². The summed E-state index contributed by atoms with van der Waals surface area (Å²) in [6.07, 6.45) is 0. The summed E-state index contributed by atoms with van der Waals surface area (Å²) >= 11 is 12.0. The Morgan fingerprint density at radius 3 is 2.70 bits per heavy atom. The molecule has 3 N–H and O–H groups in total. The first-order valence-corrected chi connectivity index (χ1v) is 8.49. The van der Waals surface area contributed by atoms with Crippen LogP contribution in [0.2, 0.25) is 5.02 Å². The molecule has 0 amide bonds. The Labute approximate surface area is 130 Å². The predicted octanol–water partition coefficient (Wildman–Crippen LogP) is 2.54. The smallest absolute Gasteiger partial charge is 0.265 e. The van der Waals surface area contributed by atoms with Gasteiger partial charge in [-0.05, 0) is 19.1 Å². The number of thiazole rings is 1. The fraction of sp³-hybridized carbons (Fsp3) is 0.0909. The van der Waals surface area contributed by atoms with E-state index in [0.717, 1.165) is 5.69 Å². The van der Waals surface area contributed by atoms with Crippen LogP contribution in [-0.2, 0) is 10.0 Å². The predicted molar refractivity (Wildman–Crippen MR) is 85.0 cm³/mol.